The summed E-state index contributed by atoms with van der Waals surface area (Å²) in [6.45, 7) is 8.30. The molecule has 0 heterocycles. The first-order valence-electron chi connectivity index (χ1n) is 10.3. The first kappa shape index (κ1) is 28.5. The number of carbonyl (C=O) groups is 3. The van der Waals surface area contributed by atoms with Gasteiger partial charge in [-0.25, -0.2) is 0 Å². The highest BCUT2D eigenvalue weighted by Gasteiger charge is 2.17. The van der Waals surface area contributed by atoms with Crippen LogP contribution < -0.4 is 22.5 Å². The second-order valence-electron chi connectivity index (χ2n) is 6.01. The van der Waals surface area contributed by atoms with Gasteiger partial charge in [0.2, 0.25) is 11.8 Å². The van der Waals surface area contributed by atoms with Gasteiger partial charge in [0.05, 0.1) is 12.6 Å². The lowest BCUT2D eigenvalue weighted by Gasteiger charge is -2.22. The molecule has 2 amide bonds. The highest BCUT2D eigenvalue weighted by molar-refractivity contribution is 5.83. The maximum Gasteiger partial charge on any atom is 0.305 e. The van der Waals surface area contributed by atoms with Crippen molar-refractivity contribution in [1.29, 1.82) is 0 Å². The standard InChI is InChI=1S/C17H35N5O4.C2H6/c1-2-26-16(24)6-4-3-5-11-21-17(25)14(20)7-8-15(23)22(12-9-18)13-10-19;1-2/h14H,2-13,18-20H2,1H3,(H,21,25);1-2H3/t14-;/m0./s1. The summed E-state index contributed by atoms with van der Waals surface area (Å²) in [5, 5.41) is 2.75. The summed E-state index contributed by atoms with van der Waals surface area (Å²) in [5.74, 6) is -0.558. The molecule has 0 saturated carbocycles. The van der Waals surface area contributed by atoms with E-state index >= 15 is 0 Å². The smallest absolute Gasteiger partial charge is 0.305 e. The highest BCUT2D eigenvalue weighted by atomic mass is 16.5. The third kappa shape index (κ3) is 15.4. The molecular weight excluding hydrogens is 362 g/mol. The Balaban J connectivity index is 0. The molecule has 0 rings (SSSR count). The van der Waals surface area contributed by atoms with Gasteiger partial charge >= 0.3 is 5.97 Å². The molecule has 0 aromatic carbocycles. The number of ether oxygens (including phenoxy) is 1. The number of rotatable bonds is 15. The summed E-state index contributed by atoms with van der Waals surface area (Å²) < 4.78 is 4.84. The fraction of sp³-hybridized carbons (Fsp3) is 0.842. The predicted molar refractivity (Wildman–Crippen MR) is 111 cm³/mol. The van der Waals surface area contributed by atoms with Gasteiger partial charge < -0.3 is 32.2 Å². The Labute approximate surface area is 169 Å². The molecule has 0 radical (unpaired) electrons. The van der Waals surface area contributed by atoms with Crippen LogP contribution in [0, 0.1) is 0 Å². The number of hydrogen-bond donors (Lipinski definition) is 4. The number of nitrogens with two attached hydrogens (primary N) is 3. The quantitative estimate of drug-likeness (QED) is 0.223. The minimum atomic E-state index is -0.726. The molecule has 0 aliphatic carbocycles. The maximum absolute atomic E-state index is 12.1. The van der Waals surface area contributed by atoms with Gasteiger partial charge in [-0.1, -0.05) is 20.3 Å². The predicted octanol–water partition coefficient (Wildman–Crippen LogP) is 0.106. The number of nitrogens with zero attached hydrogens (tertiary/aromatic N) is 1. The van der Waals surface area contributed by atoms with Gasteiger partial charge in [-0.15, -0.1) is 0 Å². The summed E-state index contributed by atoms with van der Waals surface area (Å²) in [5.41, 5.74) is 16.8. The van der Waals surface area contributed by atoms with Crippen LogP contribution >= 0.6 is 0 Å². The molecule has 0 aromatic rings. The molecule has 0 aliphatic heterocycles. The van der Waals surface area contributed by atoms with E-state index in [9.17, 15) is 14.4 Å². The van der Waals surface area contributed by atoms with E-state index in [0.717, 1.165) is 19.3 Å². The van der Waals surface area contributed by atoms with E-state index in [4.69, 9.17) is 21.9 Å². The lowest BCUT2D eigenvalue weighted by Crippen LogP contribution is -2.43. The molecule has 7 N–H and O–H groups in total. The zero-order chi connectivity index (χ0) is 21.8. The van der Waals surface area contributed by atoms with Crippen molar-refractivity contribution in [1.82, 2.24) is 10.2 Å². The largest absolute Gasteiger partial charge is 0.466 e. The molecule has 166 valence electrons. The first-order chi connectivity index (χ1) is 13.5. The lowest BCUT2D eigenvalue weighted by molar-refractivity contribution is -0.143. The molecule has 9 nitrogen and oxygen atoms in total. The maximum atomic E-state index is 12.1. The molecule has 0 saturated heterocycles. The van der Waals surface area contributed by atoms with Crippen molar-refractivity contribution in [3.63, 3.8) is 0 Å². The van der Waals surface area contributed by atoms with Crippen LogP contribution in [0.2, 0.25) is 0 Å². The van der Waals surface area contributed by atoms with Crippen LogP contribution in [0.4, 0.5) is 0 Å². The average Bonchev–Trinajstić information content (AvgIpc) is 2.69. The third-order valence-corrected chi connectivity index (χ3v) is 3.82. The van der Waals surface area contributed by atoms with E-state index in [2.05, 4.69) is 5.32 Å². The lowest BCUT2D eigenvalue weighted by atomic mass is 10.1. The van der Waals surface area contributed by atoms with E-state index in [1.54, 1.807) is 11.8 Å². The summed E-state index contributed by atoms with van der Waals surface area (Å²) in [4.78, 5) is 36.8. The molecule has 1 atom stereocenters. The molecular formula is C19H41N5O4. The van der Waals surface area contributed by atoms with Crippen LogP contribution in [0.15, 0.2) is 0 Å². The van der Waals surface area contributed by atoms with Crippen LogP contribution in [0.3, 0.4) is 0 Å². The minimum Gasteiger partial charge on any atom is -0.466 e. The molecule has 0 unspecified atom stereocenters. The van der Waals surface area contributed by atoms with Crippen molar-refractivity contribution in [2.24, 2.45) is 17.2 Å². The molecule has 0 aromatic heterocycles. The van der Waals surface area contributed by atoms with Gasteiger partial charge in [0.1, 0.15) is 0 Å². The number of amides is 2. The topological polar surface area (TPSA) is 154 Å². The molecule has 0 bridgehead atoms. The fourth-order valence-corrected chi connectivity index (χ4v) is 2.39. The Morgan fingerprint density at radius 2 is 1.61 bits per heavy atom. The first-order valence-corrected chi connectivity index (χ1v) is 10.3. The van der Waals surface area contributed by atoms with Crippen molar-refractivity contribution in [3.05, 3.63) is 0 Å². The monoisotopic (exact) mass is 403 g/mol. The molecule has 9 heteroatoms. The van der Waals surface area contributed by atoms with E-state index < -0.39 is 6.04 Å². The minimum absolute atomic E-state index is 0.0943. The Kier molecular flexibility index (Phi) is 20.4. The number of carbonyl (C=O) groups excluding carboxylic acids is 3. The molecule has 0 spiro atoms. The van der Waals surface area contributed by atoms with E-state index in [0.29, 0.717) is 45.8 Å². The number of unbranched alkanes of at least 4 members (excludes halogenated alkanes) is 2. The normalized spacial score (nSPS) is 11.1. The van der Waals surface area contributed by atoms with Crippen LogP contribution in [0.25, 0.3) is 0 Å². The molecule has 28 heavy (non-hydrogen) atoms. The van der Waals surface area contributed by atoms with Crippen LogP contribution in [0.1, 0.15) is 59.3 Å². The van der Waals surface area contributed by atoms with Gasteiger partial charge in [-0.3, -0.25) is 14.4 Å². The number of hydrogen-bond acceptors (Lipinski definition) is 7. The van der Waals surface area contributed by atoms with E-state index in [1.165, 1.54) is 0 Å². The SMILES string of the molecule is CC.CCOC(=O)CCCCCNC(=O)[C@@H](N)CCC(=O)N(CCN)CCN. The van der Waals surface area contributed by atoms with Crippen molar-refractivity contribution >= 4 is 17.8 Å². The van der Waals surface area contributed by atoms with Crippen LogP contribution in [-0.2, 0) is 19.1 Å². The summed E-state index contributed by atoms with van der Waals surface area (Å²) >= 11 is 0. The van der Waals surface area contributed by atoms with Crippen LogP contribution in [0.5, 0.6) is 0 Å². The summed E-state index contributed by atoms with van der Waals surface area (Å²) in [6.07, 6.45) is 3.17. The molecule has 0 aliphatic rings. The summed E-state index contributed by atoms with van der Waals surface area (Å²) in [7, 11) is 0. The van der Waals surface area contributed by atoms with Crippen molar-refractivity contribution in [2.75, 3.05) is 39.3 Å². The van der Waals surface area contributed by atoms with Crippen molar-refractivity contribution in [2.45, 2.75) is 65.3 Å². The van der Waals surface area contributed by atoms with E-state index in [-0.39, 0.29) is 30.6 Å². The van der Waals surface area contributed by atoms with E-state index in [1.807, 2.05) is 13.8 Å². The highest BCUT2D eigenvalue weighted by Crippen LogP contribution is 2.02. The van der Waals surface area contributed by atoms with Crippen molar-refractivity contribution in [3.8, 4) is 0 Å². The van der Waals surface area contributed by atoms with Gasteiger partial charge in [-0.05, 0) is 26.2 Å². The zero-order valence-corrected chi connectivity index (χ0v) is 17.9. The Morgan fingerprint density at radius 1 is 1.00 bits per heavy atom. The number of nitrogens with one attached hydrogen (secondary N) is 1. The Bertz CT molecular complexity index is 415. The summed E-state index contributed by atoms with van der Waals surface area (Å²) in [6, 6.07) is -0.726. The second-order valence-corrected chi connectivity index (χ2v) is 6.01. The fourth-order valence-electron chi connectivity index (χ4n) is 2.39. The van der Waals surface area contributed by atoms with Gasteiger partial charge in [0, 0.05) is 45.6 Å². The third-order valence-electron chi connectivity index (χ3n) is 3.82. The zero-order valence-electron chi connectivity index (χ0n) is 17.9. The van der Waals surface area contributed by atoms with Gasteiger partial charge in [0.25, 0.3) is 0 Å². The van der Waals surface area contributed by atoms with Gasteiger partial charge in [-0.2, -0.15) is 0 Å². The van der Waals surface area contributed by atoms with Crippen LogP contribution in [-0.4, -0.2) is 68.1 Å². The Morgan fingerprint density at radius 3 is 2.14 bits per heavy atom. The molecule has 0 fully saturated rings. The second kappa shape index (κ2) is 20.0. The average molecular weight is 404 g/mol. The van der Waals surface area contributed by atoms with Gasteiger partial charge in [0.15, 0.2) is 0 Å². The van der Waals surface area contributed by atoms with Crippen molar-refractivity contribution < 1.29 is 19.1 Å². The number of esters is 1. The Hall–Kier alpha value is -1.71.